The van der Waals surface area contributed by atoms with Crippen LogP contribution in [0, 0.1) is 0 Å². The van der Waals surface area contributed by atoms with Crippen LogP contribution in [0.5, 0.6) is 0 Å². The molecular formula is C8H5BrF3NO2S. The molecule has 0 heterocycles. The molecule has 16 heavy (non-hydrogen) atoms. The SMILES string of the molecule is O=S(=O)(/N=C/c1ccccc1Br)C(F)(F)F. The molecule has 0 N–H and O–H groups in total. The summed E-state index contributed by atoms with van der Waals surface area (Å²) in [6.07, 6.45) is 0.646. The molecule has 8 heteroatoms. The summed E-state index contributed by atoms with van der Waals surface area (Å²) in [6.45, 7) is 0. The fraction of sp³-hybridized carbons (Fsp3) is 0.125. The summed E-state index contributed by atoms with van der Waals surface area (Å²) < 4.78 is 60.0. The number of hydrogen-bond acceptors (Lipinski definition) is 2. The monoisotopic (exact) mass is 315 g/mol. The number of nitrogens with zero attached hydrogens (tertiary/aromatic N) is 1. The van der Waals surface area contributed by atoms with Gasteiger partial charge in [-0.1, -0.05) is 34.1 Å². The van der Waals surface area contributed by atoms with Gasteiger partial charge in [0.1, 0.15) is 0 Å². The van der Waals surface area contributed by atoms with Crippen LogP contribution < -0.4 is 0 Å². The van der Waals surface area contributed by atoms with Gasteiger partial charge in [0.25, 0.3) is 0 Å². The van der Waals surface area contributed by atoms with Crippen LogP contribution in [0.3, 0.4) is 0 Å². The van der Waals surface area contributed by atoms with E-state index in [9.17, 15) is 21.6 Å². The van der Waals surface area contributed by atoms with Gasteiger partial charge in [-0.3, -0.25) is 0 Å². The van der Waals surface area contributed by atoms with Crippen LogP contribution in [-0.2, 0) is 10.0 Å². The van der Waals surface area contributed by atoms with Crippen LogP contribution in [0.25, 0.3) is 0 Å². The zero-order chi connectivity index (χ0) is 12.4. The van der Waals surface area contributed by atoms with Crippen molar-refractivity contribution in [1.82, 2.24) is 0 Å². The predicted octanol–water partition coefficient (Wildman–Crippen LogP) is 2.72. The van der Waals surface area contributed by atoms with Crippen molar-refractivity contribution in [3.8, 4) is 0 Å². The molecule has 0 bridgehead atoms. The first kappa shape index (κ1) is 13.2. The number of benzene rings is 1. The van der Waals surface area contributed by atoms with E-state index in [1.54, 1.807) is 18.2 Å². The van der Waals surface area contributed by atoms with Crippen LogP contribution >= 0.6 is 15.9 Å². The van der Waals surface area contributed by atoms with Gasteiger partial charge in [-0.2, -0.15) is 26.0 Å². The molecule has 0 radical (unpaired) electrons. The number of alkyl halides is 3. The lowest BCUT2D eigenvalue weighted by Gasteiger charge is -2.02. The van der Waals surface area contributed by atoms with Crippen molar-refractivity contribution in [2.24, 2.45) is 4.40 Å². The Labute approximate surface area is 98.2 Å². The molecule has 0 saturated carbocycles. The maximum absolute atomic E-state index is 11.9. The van der Waals surface area contributed by atoms with E-state index in [1.807, 2.05) is 0 Å². The molecule has 0 unspecified atom stereocenters. The van der Waals surface area contributed by atoms with E-state index >= 15 is 0 Å². The van der Waals surface area contributed by atoms with Gasteiger partial charge in [0.05, 0.1) is 0 Å². The molecule has 0 spiro atoms. The Morgan fingerprint density at radius 1 is 1.25 bits per heavy atom. The Morgan fingerprint density at radius 3 is 2.31 bits per heavy atom. The summed E-state index contributed by atoms with van der Waals surface area (Å²) in [6, 6.07) is 6.17. The topological polar surface area (TPSA) is 46.5 Å². The van der Waals surface area contributed by atoms with Gasteiger partial charge in [-0.25, -0.2) is 0 Å². The highest BCUT2D eigenvalue weighted by molar-refractivity contribution is 9.10. The number of sulfonamides is 1. The Kier molecular flexibility index (Phi) is 3.74. The van der Waals surface area contributed by atoms with Crippen molar-refractivity contribution < 1.29 is 21.6 Å². The van der Waals surface area contributed by atoms with Crippen molar-refractivity contribution in [2.75, 3.05) is 0 Å². The second kappa shape index (κ2) is 4.54. The van der Waals surface area contributed by atoms with Gasteiger partial charge >= 0.3 is 15.5 Å². The first-order chi connectivity index (χ1) is 7.24. The van der Waals surface area contributed by atoms with Crippen molar-refractivity contribution in [1.29, 1.82) is 0 Å². The van der Waals surface area contributed by atoms with Crippen LogP contribution in [0.15, 0.2) is 33.1 Å². The first-order valence-corrected chi connectivity index (χ1v) is 6.08. The van der Waals surface area contributed by atoms with E-state index in [1.165, 1.54) is 6.07 Å². The van der Waals surface area contributed by atoms with E-state index in [-0.39, 0.29) is 5.56 Å². The average Bonchev–Trinajstić information content (AvgIpc) is 2.15. The molecule has 1 rings (SSSR count). The molecule has 0 atom stereocenters. The highest BCUT2D eigenvalue weighted by atomic mass is 79.9. The number of hydrogen-bond donors (Lipinski definition) is 0. The number of halogens is 4. The van der Waals surface area contributed by atoms with Crippen LogP contribution in [-0.4, -0.2) is 20.1 Å². The van der Waals surface area contributed by atoms with E-state index in [0.717, 1.165) is 0 Å². The standard InChI is InChI=1S/C8H5BrF3NO2S/c9-7-4-2-1-3-6(7)5-13-16(14,15)8(10,11)12/h1-5H/b13-5+. The second-order valence-electron chi connectivity index (χ2n) is 2.68. The van der Waals surface area contributed by atoms with E-state index in [0.29, 0.717) is 10.7 Å². The summed E-state index contributed by atoms with van der Waals surface area (Å²) in [4.78, 5) is 0. The highest BCUT2D eigenvalue weighted by Gasteiger charge is 2.45. The van der Waals surface area contributed by atoms with Gasteiger partial charge in [0.15, 0.2) is 0 Å². The Bertz CT molecular complexity index is 510. The molecule has 1 aromatic rings. The first-order valence-electron chi connectivity index (χ1n) is 3.85. The lowest BCUT2D eigenvalue weighted by Crippen LogP contribution is -2.20. The number of rotatable bonds is 2. The van der Waals surface area contributed by atoms with Crippen LogP contribution in [0.4, 0.5) is 13.2 Å². The third kappa shape index (κ3) is 3.05. The lowest BCUT2D eigenvalue weighted by molar-refractivity contribution is -0.0435. The Morgan fingerprint density at radius 2 is 1.81 bits per heavy atom. The predicted molar refractivity (Wildman–Crippen MR) is 56.7 cm³/mol. The zero-order valence-corrected chi connectivity index (χ0v) is 9.97. The minimum absolute atomic E-state index is 0.246. The maximum Gasteiger partial charge on any atom is 0.518 e. The lowest BCUT2D eigenvalue weighted by atomic mass is 10.2. The van der Waals surface area contributed by atoms with Gasteiger partial charge in [0, 0.05) is 16.3 Å². The molecule has 0 saturated heterocycles. The summed E-state index contributed by atoms with van der Waals surface area (Å²) in [5.74, 6) is 0. The molecule has 3 nitrogen and oxygen atoms in total. The second-order valence-corrected chi connectivity index (χ2v) is 5.16. The molecule has 0 fully saturated rings. The molecule has 88 valence electrons. The van der Waals surface area contributed by atoms with Crippen molar-refractivity contribution in [3.63, 3.8) is 0 Å². The third-order valence-corrected chi connectivity index (χ3v) is 3.22. The molecule has 0 aliphatic heterocycles. The summed E-state index contributed by atoms with van der Waals surface area (Å²) in [5.41, 5.74) is -5.12. The van der Waals surface area contributed by atoms with Gasteiger partial charge in [-0.15, -0.1) is 0 Å². The molecule has 0 amide bonds. The van der Waals surface area contributed by atoms with Crippen molar-refractivity contribution in [2.45, 2.75) is 5.51 Å². The largest absolute Gasteiger partial charge is 0.518 e. The Balaban J connectivity index is 3.04. The normalized spacial score (nSPS) is 13.2. The zero-order valence-electron chi connectivity index (χ0n) is 7.57. The average molecular weight is 316 g/mol. The minimum Gasteiger partial charge on any atom is -0.195 e. The summed E-state index contributed by atoms with van der Waals surface area (Å²) >= 11 is 3.05. The molecule has 0 aliphatic carbocycles. The van der Waals surface area contributed by atoms with Gasteiger partial charge < -0.3 is 0 Å². The smallest absolute Gasteiger partial charge is 0.195 e. The minimum atomic E-state index is -5.46. The van der Waals surface area contributed by atoms with Crippen LogP contribution in [0.1, 0.15) is 5.56 Å². The highest BCUT2D eigenvalue weighted by Crippen LogP contribution is 2.24. The summed E-state index contributed by atoms with van der Waals surface area (Å²) in [5, 5.41) is 0. The molecular weight excluding hydrogens is 311 g/mol. The van der Waals surface area contributed by atoms with E-state index in [4.69, 9.17) is 0 Å². The van der Waals surface area contributed by atoms with E-state index in [2.05, 4.69) is 20.3 Å². The quantitative estimate of drug-likeness (QED) is 0.788. The van der Waals surface area contributed by atoms with E-state index < -0.39 is 15.5 Å². The molecule has 0 aromatic heterocycles. The third-order valence-electron chi connectivity index (χ3n) is 1.53. The molecule has 0 aliphatic rings. The van der Waals surface area contributed by atoms with Gasteiger partial charge in [0.2, 0.25) is 0 Å². The van der Waals surface area contributed by atoms with Gasteiger partial charge in [-0.05, 0) is 6.07 Å². The van der Waals surface area contributed by atoms with Crippen molar-refractivity contribution >= 4 is 32.2 Å². The fourth-order valence-corrected chi connectivity index (χ4v) is 1.52. The van der Waals surface area contributed by atoms with Crippen molar-refractivity contribution in [3.05, 3.63) is 34.3 Å². The molecule has 1 aromatic carbocycles. The summed E-state index contributed by atoms with van der Waals surface area (Å²) in [7, 11) is -5.46. The maximum atomic E-state index is 11.9. The van der Waals surface area contributed by atoms with Crippen LogP contribution in [0.2, 0.25) is 0 Å². The fourth-order valence-electron chi connectivity index (χ4n) is 0.766. The Hall–Kier alpha value is -0.890.